The molecular formula is C19H17FN6O3. The second kappa shape index (κ2) is 7.66. The van der Waals surface area contributed by atoms with Crippen LogP contribution in [-0.2, 0) is 9.53 Å². The van der Waals surface area contributed by atoms with Gasteiger partial charge in [-0.25, -0.2) is 9.18 Å². The molecule has 3 aromatic rings. The van der Waals surface area contributed by atoms with Crippen molar-refractivity contribution in [3.05, 3.63) is 48.5 Å². The van der Waals surface area contributed by atoms with Gasteiger partial charge in [-0.3, -0.25) is 19.8 Å². The van der Waals surface area contributed by atoms with Crippen molar-refractivity contribution in [3.63, 3.8) is 0 Å². The lowest BCUT2D eigenvalue weighted by Crippen LogP contribution is -2.33. The second-order valence-electron chi connectivity index (χ2n) is 6.49. The number of pyridine rings is 1. The van der Waals surface area contributed by atoms with Gasteiger partial charge >= 0.3 is 6.09 Å². The molecular weight excluding hydrogens is 379 g/mol. The first-order valence-electron chi connectivity index (χ1n) is 8.87. The van der Waals surface area contributed by atoms with Crippen molar-refractivity contribution in [1.29, 1.82) is 0 Å². The van der Waals surface area contributed by atoms with Crippen LogP contribution in [0, 0.1) is 5.82 Å². The summed E-state index contributed by atoms with van der Waals surface area (Å²) >= 11 is 0. The fraction of sp³-hybridized carbons (Fsp3) is 0.211. The Morgan fingerprint density at radius 3 is 2.86 bits per heavy atom. The molecule has 1 aliphatic heterocycles. The highest BCUT2D eigenvalue weighted by Gasteiger charge is 2.33. The molecule has 1 saturated heterocycles. The van der Waals surface area contributed by atoms with E-state index in [0.29, 0.717) is 17.1 Å². The van der Waals surface area contributed by atoms with Crippen LogP contribution in [0.25, 0.3) is 22.5 Å². The van der Waals surface area contributed by atoms with Crippen molar-refractivity contribution < 1.29 is 18.7 Å². The van der Waals surface area contributed by atoms with Crippen LogP contribution in [0.3, 0.4) is 0 Å². The van der Waals surface area contributed by atoms with Crippen molar-refractivity contribution in [2.75, 3.05) is 18.0 Å². The lowest BCUT2D eigenvalue weighted by atomic mass is 10.0. The number of carbonyl (C=O) groups is 2. The zero-order valence-electron chi connectivity index (χ0n) is 15.4. The molecule has 4 rings (SSSR count). The Hall–Kier alpha value is -3.82. The number of benzene rings is 1. The number of H-pyrrole nitrogens is 1. The fourth-order valence-corrected chi connectivity index (χ4v) is 3.10. The molecule has 0 radical (unpaired) electrons. The Balaban J connectivity index is 1.58. The summed E-state index contributed by atoms with van der Waals surface area (Å²) in [6.07, 6.45) is 2.14. The Bertz CT molecular complexity index is 1060. The molecule has 0 spiro atoms. The van der Waals surface area contributed by atoms with Crippen LogP contribution in [0.2, 0.25) is 0 Å². The molecule has 0 aliphatic carbocycles. The second-order valence-corrected chi connectivity index (χ2v) is 6.49. The number of cyclic esters (lactones) is 1. The summed E-state index contributed by atoms with van der Waals surface area (Å²) < 4.78 is 20.1. The van der Waals surface area contributed by atoms with E-state index in [2.05, 4.69) is 25.7 Å². The van der Waals surface area contributed by atoms with Crippen LogP contribution in [0.15, 0.2) is 42.7 Å². The number of halogens is 1. The third-order valence-corrected chi connectivity index (χ3v) is 4.49. The Kier molecular flexibility index (Phi) is 4.90. The van der Waals surface area contributed by atoms with E-state index in [1.54, 1.807) is 36.7 Å². The number of aromatic amines is 1. The van der Waals surface area contributed by atoms with Gasteiger partial charge in [0.25, 0.3) is 0 Å². The van der Waals surface area contributed by atoms with Gasteiger partial charge in [-0.15, -0.1) is 5.10 Å². The quantitative estimate of drug-likeness (QED) is 0.683. The zero-order chi connectivity index (χ0) is 20.4. The molecule has 1 atom stereocenters. The summed E-state index contributed by atoms with van der Waals surface area (Å²) in [4.78, 5) is 28.4. The molecule has 2 amide bonds. The van der Waals surface area contributed by atoms with Gasteiger partial charge in [0, 0.05) is 30.4 Å². The minimum atomic E-state index is -0.590. The van der Waals surface area contributed by atoms with Gasteiger partial charge in [0.1, 0.15) is 17.6 Å². The van der Waals surface area contributed by atoms with Gasteiger partial charge in [0.05, 0.1) is 24.5 Å². The van der Waals surface area contributed by atoms with Crippen LogP contribution in [0.4, 0.5) is 14.9 Å². The van der Waals surface area contributed by atoms with Gasteiger partial charge in [0.2, 0.25) is 5.91 Å². The summed E-state index contributed by atoms with van der Waals surface area (Å²) in [5.41, 5.74) is 2.30. The molecule has 29 heavy (non-hydrogen) atoms. The predicted molar refractivity (Wildman–Crippen MR) is 101 cm³/mol. The van der Waals surface area contributed by atoms with Gasteiger partial charge < -0.3 is 10.1 Å². The number of aromatic nitrogens is 4. The highest BCUT2D eigenvalue weighted by molar-refractivity contribution is 5.90. The van der Waals surface area contributed by atoms with E-state index in [1.807, 2.05) is 0 Å². The fourth-order valence-electron chi connectivity index (χ4n) is 3.10. The third kappa shape index (κ3) is 3.77. The van der Waals surface area contributed by atoms with Crippen molar-refractivity contribution in [3.8, 4) is 22.5 Å². The van der Waals surface area contributed by atoms with E-state index in [-0.39, 0.29) is 24.6 Å². The topological polar surface area (TPSA) is 113 Å². The first-order chi connectivity index (χ1) is 14.0. The average molecular weight is 396 g/mol. The number of nitrogens with zero attached hydrogens (tertiary/aromatic N) is 4. The maximum Gasteiger partial charge on any atom is 0.414 e. The monoisotopic (exact) mass is 396 g/mol. The van der Waals surface area contributed by atoms with E-state index in [9.17, 15) is 14.0 Å². The van der Waals surface area contributed by atoms with Gasteiger partial charge in [-0.2, -0.15) is 0 Å². The number of hydrogen-bond donors (Lipinski definition) is 2. The van der Waals surface area contributed by atoms with E-state index in [1.165, 1.54) is 17.9 Å². The first-order valence-corrected chi connectivity index (χ1v) is 8.87. The van der Waals surface area contributed by atoms with E-state index in [4.69, 9.17) is 4.74 Å². The number of hydrogen-bond acceptors (Lipinski definition) is 6. The highest BCUT2D eigenvalue weighted by Crippen LogP contribution is 2.32. The maximum atomic E-state index is 14.9. The Morgan fingerprint density at radius 2 is 2.14 bits per heavy atom. The van der Waals surface area contributed by atoms with Crippen LogP contribution in [0.1, 0.15) is 6.92 Å². The normalized spacial score (nSPS) is 16.0. The molecule has 1 aromatic carbocycles. The molecule has 0 bridgehead atoms. The summed E-state index contributed by atoms with van der Waals surface area (Å²) in [6.45, 7) is 1.80. The van der Waals surface area contributed by atoms with E-state index < -0.39 is 18.0 Å². The largest absolute Gasteiger partial charge is 0.442 e. The van der Waals surface area contributed by atoms with E-state index in [0.717, 1.165) is 5.56 Å². The lowest BCUT2D eigenvalue weighted by molar-refractivity contribution is -0.119. The molecule has 9 nitrogen and oxygen atoms in total. The predicted octanol–water partition coefficient (Wildman–Crippen LogP) is 2.13. The van der Waals surface area contributed by atoms with Gasteiger partial charge in [0.15, 0.2) is 0 Å². The first kappa shape index (κ1) is 18.5. The SMILES string of the molecule is CC(=O)NC[C@H]1CN(c2ccc(-c3[nH]nnc3-c3ccncc3)c(F)c2)C(=O)O1. The lowest BCUT2D eigenvalue weighted by Gasteiger charge is -2.14. The number of rotatable bonds is 5. The number of ether oxygens (including phenoxy) is 1. The highest BCUT2D eigenvalue weighted by atomic mass is 19.1. The van der Waals surface area contributed by atoms with Crippen LogP contribution >= 0.6 is 0 Å². The Morgan fingerprint density at radius 1 is 1.34 bits per heavy atom. The summed E-state index contributed by atoms with van der Waals surface area (Å²) in [7, 11) is 0. The summed E-state index contributed by atoms with van der Waals surface area (Å²) in [5, 5.41) is 13.2. The molecule has 148 valence electrons. The van der Waals surface area contributed by atoms with E-state index >= 15 is 0 Å². The zero-order valence-corrected chi connectivity index (χ0v) is 15.4. The van der Waals surface area contributed by atoms with Crippen LogP contribution in [-0.4, -0.2) is 51.6 Å². The minimum Gasteiger partial charge on any atom is -0.442 e. The van der Waals surface area contributed by atoms with Crippen molar-refractivity contribution in [2.45, 2.75) is 13.0 Å². The molecule has 1 fully saturated rings. The molecule has 2 N–H and O–H groups in total. The molecule has 1 aliphatic rings. The van der Waals surface area contributed by atoms with Crippen molar-refractivity contribution in [2.24, 2.45) is 0 Å². The summed E-state index contributed by atoms with van der Waals surface area (Å²) in [5.74, 6) is -0.755. The maximum absolute atomic E-state index is 14.9. The standard InChI is InChI=1S/C19H17FN6O3/c1-11(27)22-9-14-10-26(19(28)29-14)13-2-3-15(16(20)8-13)18-17(23-25-24-18)12-4-6-21-7-5-12/h2-8,14H,9-10H2,1H3,(H,22,27)(H,23,24,25)/t14-/m0/s1. The Labute approximate surface area is 164 Å². The molecule has 0 unspecified atom stereocenters. The number of anilines is 1. The molecule has 3 heterocycles. The minimum absolute atomic E-state index is 0.202. The number of nitrogens with one attached hydrogen (secondary N) is 2. The summed E-state index contributed by atoms with van der Waals surface area (Å²) in [6, 6.07) is 7.94. The average Bonchev–Trinajstić information content (AvgIpc) is 3.33. The third-order valence-electron chi connectivity index (χ3n) is 4.49. The van der Waals surface area contributed by atoms with Crippen molar-refractivity contribution in [1.82, 2.24) is 25.7 Å². The molecule has 10 heteroatoms. The van der Waals surface area contributed by atoms with Gasteiger partial charge in [-0.1, -0.05) is 5.21 Å². The molecule has 2 aromatic heterocycles. The van der Waals surface area contributed by atoms with Crippen molar-refractivity contribution >= 4 is 17.7 Å². The van der Waals surface area contributed by atoms with Crippen LogP contribution < -0.4 is 10.2 Å². The molecule has 0 saturated carbocycles. The number of amides is 2. The number of carbonyl (C=O) groups excluding carboxylic acids is 2. The smallest absolute Gasteiger partial charge is 0.414 e. The van der Waals surface area contributed by atoms with Gasteiger partial charge in [-0.05, 0) is 30.3 Å². The van der Waals surface area contributed by atoms with Crippen LogP contribution in [0.5, 0.6) is 0 Å².